The van der Waals surface area contributed by atoms with E-state index >= 15 is 0 Å². The number of aromatic nitrogens is 1. The molecule has 3 aromatic rings. The summed E-state index contributed by atoms with van der Waals surface area (Å²) >= 11 is 8.93. The molecule has 0 aliphatic carbocycles. The van der Waals surface area contributed by atoms with Gasteiger partial charge in [0.1, 0.15) is 10.8 Å². The van der Waals surface area contributed by atoms with E-state index in [1.807, 2.05) is 16.8 Å². The highest BCUT2D eigenvalue weighted by Crippen LogP contribution is 2.36. The molecule has 0 aliphatic heterocycles. The van der Waals surface area contributed by atoms with E-state index in [0.717, 1.165) is 16.1 Å². The van der Waals surface area contributed by atoms with Crippen LogP contribution in [0.25, 0.3) is 20.8 Å². The second-order valence-corrected chi connectivity index (χ2v) is 5.40. The van der Waals surface area contributed by atoms with Crippen molar-refractivity contribution in [1.82, 2.24) is 4.98 Å². The lowest BCUT2D eigenvalue weighted by Crippen LogP contribution is -1.75. The fourth-order valence-corrected chi connectivity index (χ4v) is 3.42. The van der Waals surface area contributed by atoms with Crippen molar-refractivity contribution < 1.29 is 4.39 Å². The molecule has 80 valence electrons. The molecule has 0 aliphatic rings. The normalized spacial score (nSPS) is 11.1. The van der Waals surface area contributed by atoms with Crippen molar-refractivity contribution in [2.45, 2.75) is 0 Å². The number of fused-ring (bicyclic) bond motifs is 1. The number of nitrogens with zero attached hydrogens (tertiary/aromatic N) is 1. The Bertz CT molecular complexity index is 645. The molecule has 0 unspecified atom stereocenters. The highest BCUT2D eigenvalue weighted by molar-refractivity contribution is 7.22. The smallest absolute Gasteiger partial charge is 0.143 e. The second kappa shape index (κ2) is 3.80. The summed E-state index contributed by atoms with van der Waals surface area (Å²) in [7, 11) is 0. The Kier molecular flexibility index (Phi) is 2.42. The van der Waals surface area contributed by atoms with Gasteiger partial charge in [0.15, 0.2) is 0 Å². The first-order valence-electron chi connectivity index (χ1n) is 4.53. The molecule has 2 aromatic heterocycles. The predicted molar refractivity (Wildman–Crippen MR) is 67.9 cm³/mol. The van der Waals surface area contributed by atoms with E-state index in [-0.39, 0.29) is 5.02 Å². The van der Waals surface area contributed by atoms with Gasteiger partial charge in [-0.05, 0) is 23.6 Å². The van der Waals surface area contributed by atoms with Crippen LogP contribution in [0.4, 0.5) is 4.39 Å². The van der Waals surface area contributed by atoms with Gasteiger partial charge < -0.3 is 0 Å². The molecule has 5 heteroatoms. The van der Waals surface area contributed by atoms with Crippen molar-refractivity contribution in [3.63, 3.8) is 0 Å². The first-order valence-corrected chi connectivity index (χ1v) is 6.66. The van der Waals surface area contributed by atoms with Gasteiger partial charge >= 0.3 is 0 Å². The second-order valence-electron chi connectivity index (χ2n) is 3.24. The summed E-state index contributed by atoms with van der Waals surface area (Å²) in [5.41, 5.74) is 1.81. The maximum Gasteiger partial charge on any atom is 0.143 e. The zero-order valence-electron chi connectivity index (χ0n) is 7.91. The van der Waals surface area contributed by atoms with Crippen LogP contribution in [0.1, 0.15) is 0 Å². The summed E-state index contributed by atoms with van der Waals surface area (Å²) < 4.78 is 14.0. The molecule has 1 aromatic carbocycles. The van der Waals surface area contributed by atoms with Gasteiger partial charge in [-0.15, -0.1) is 11.3 Å². The van der Waals surface area contributed by atoms with Crippen LogP contribution in [0, 0.1) is 5.82 Å². The van der Waals surface area contributed by atoms with Crippen LogP contribution in [-0.2, 0) is 0 Å². The highest BCUT2D eigenvalue weighted by atomic mass is 35.5. The first-order chi connectivity index (χ1) is 7.75. The summed E-state index contributed by atoms with van der Waals surface area (Å²) in [5, 5.41) is 5.05. The van der Waals surface area contributed by atoms with Gasteiger partial charge in [-0.3, -0.25) is 0 Å². The summed E-state index contributed by atoms with van der Waals surface area (Å²) in [6.07, 6.45) is 0. The van der Waals surface area contributed by atoms with Gasteiger partial charge in [0.25, 0.3) is 0 Å². The minimum atomic E-state index is -0.394. The van der Waals surface area contributed by atoms with Gasteiger partial charge in [0, 0.05) is 10.9 Å². The number of halogens is 2. The van der Waals surface area contributed by atoms with Crippen LogP contribution < -0.4 is 0 Å². The van der Waals surface area contributed by atoms with E-state index in [9.17, 15) is 4.39 Å². The van der Waals surface area contributed by atoms with Gasteiger partial charge in [0.2, 0.25) is 0 Å². The van der Waals surface area contributed by atoms with Crippen LogP contribution in [0.15, 0.2) is 29.0 Å². The maximum absolute atomic E-state index is 13.2. The standard InChI is InChI=1S/C11H5ClFNS2/c12-9-7(13)1-2-8-10(9)16-11(14-8)6-3-4-15-5-6/h1-5H. The van der Waals surface area contributed by atoms with E-state index in [1.54, 1.807) is 17.4 Å². The Morgan fingerprint density at radius 3 is 2.88 bits per heavy atom. The quantitative estimate of drug-likeness (QED) is 0.617. The SMILES string of the molecule is Fc1ccc2nc(-c3ccsc3)sc2c1Cl. The summed E-state index contributed by atoms with van der Waals surface area (Å²) in [5.74, 6) is -0.394. The molecular formula is C11H5ClFNS2. The molecule has 0 spiro atoms. The molecule has 0 saturated carbocycles. The third-order valence-corrected chi connectivity index (χ3v) is 4.52. The monoisotopic (exact) mass is 269 g/mol. The molecule has 0 atom stereocenters. The molecule has 3 rings (SSSR count). The number of hydrogen-bond donors (Lipinski definition) is 0. The number of rotatable bonds is 1. The first kappa shape index (κ1) is 10.2. The topological polar surface area (TPSA) is 12.9 Å². The molecule has 0 bridgehead atoms. The van der Waals surface area contributed by atoms with Crippen molar-refractivity contribution in [2.24, 2.45) is 0 Å². The molecular weight excluding hydrogens is 265 g/mol. The average Bonchev–Trinajstić information content (AvgIpc) is 2.91. The van der Waals surface area contributed by atoms with Crippen molar-refractivity contribution >= 4 is 44.5 Å². The van der Waals surface area contributed by atoms with E-state index in [1.165, 1.54) is 17.4 Å². The lowest BCUT2D eigenvalue weighted by atomic mass is 10.3. The van der Waals surface area contributed by atoms with Crippen LogP contribution in [-0.4, -0.2) is 4.98 Å². The van der Waals surface area contributed by atoms with E-state index in [2.05, 4.69) is 4.98 Å². The third-order valence-electron chi connectivity index (χ3n) is 2.22. The number of thiazole rings is 1. The number of thiophene rings is 1. The minimum absolute atomic E-state index is 0.163. The Balaban J connectivity index is 2.28. The summed E-state index contributed by atoms with van der Waals surface area (Å²) in [6, 6.07) is 5.00. The molecule has 0 radical (unpaired) electrons. The van der Waals surface area contributed by atoms with Gasteiger partial charge in [-0.2, -0.15) is 11.3 Å². The van der Waals surface area contributed by atoms with Gasteiger partial charge in [-0.1, -0.05) is 11.6 Å². The summed E-state index contributed by atoms with van der Waals surface area (Å²) in [6.45, 7) is 0. The molecule has 0 amide bonds. The van der Waals surface area contributed by atoms with Crippen molar-refractivity contribution in [3.05, 3.63) is 39.8 Å². The molecule has 1 nitrogen and oxygen atoms in total. The largest absolute Gasteiger partial charge is 0.236 e. The van der Waals surface area contributed by atoms with Crippen molar-refractivity contribution in [2.75, 3.05) is 0 Å². The van der Waals surface area contributed by atoms with E-state index in [0.29, 0.717) is 4.70 Å². The minimum Gasteiger partial charge on any atom is -0.236 e. The Hall–Kier alpha value is -0.970. The van der Waals surface area contributed by atoms with E-state index in [4.69, 9.17) is 11.6 Å². The lowest BCUT2D eigenvalue weighted by molar-refractivity contribution is 0.630. The van der Waals surface area contributed by atoms with Gasteiger partial charge in [0.05, 0.1) is 15.2 Å². The zero-order chi connectivity index (χ0) is 11.1. The Morgan fingerprint density at radius 1 is 1.25 bits per heavy atom. The number of benzene rings is 1. The van der Waals surface area contributed by atoms with Crippen LogP contribution in [0.2, 0.25) is 5.02 Å². The average molecular weight is 270 g/mol. The fourth-order valence-electron chi connectivity index (χ4n) is 1.45. The van der Waals surface area contributed by atoms with Crippen molar-refractivity contribution in [1.29, 1.82) is 0 Å². The fraction of sp³-hybridized carbons (Fsp3) is 0. The van der Waals surface area contributed by atoms with Crippen LogP contribution in [0.5, 0.6) is 0 Å². The Labute approximate surface area is 104 Å². The molecule has 2 heterocycles. The third kappa shape index (κ3) is 1.54. The summed E-state index contributed by atoms with van der Waals surface area (Å²) in [4.78, 5) is 4.43. The highest BCUT2D eigenvalue weighted by Gasteiger charge is 2.11. The molecule has 0 N–H and O–H groups in total. The lowest BCUT2D eigenvalue weighted by Gasteiger charge is -1.92. The predicted octanol–water partition coefficient (Wildman–Crippen LogP) is 4.82. The molecule has 16 heavy (non-hydrogen) atoms. The maximum atomic E-state index is 13.2. The van der Waals surface area contributed by atoms with Crippen molar-refractivity contribution in [3.8, 4) is 10.6 Å². The Morgan fingerprint density at radius 2 is 2.12 bits per heavy atom. The zero-order valence-corrected chi connectivity index (χ0v) is 10.3. The van der Waals surface area contributed by atoms with Crippen LogP contribution >= 0.6 is 34.3 Å². The van der Waals surface area contributed by atoms with Crippen LogP contribution in [0.3, 0.4) is 0 Å². The number of hydrogen-bond acceptors (Lipinski definition) is 3. The van der Waals surface area contributed by atoms with Gasteiger partial charge in [-0.25, -0.2) is 9.37 Å². The molecule has 0 fully saturated rings. The molecule has 0 saturated heterocycles. The van der Waals surface area contributed by atoms with E-state index < -0.39 is 5.82 Å².